The minimum absolute atomic E-state index is 0.190. The highest BCUT2D eigenvalue weighted by Gasteiger charge is 2.50. The van der Waals surface area contributed by atoms with Crippen LogP contribution in [0.1, 0.15) is 40.0 Å². The molecule has 1 amide bonds. The lowest BCUT2D eigenvalue weighted by atomic mass is 9.65. The molecule has 1 aliphatic heterocycles. The Morgan fingerprint density at radius 3 is 2.90 bits per heavy atom. The lowest BCUT2D eigenvalue weighted by Crippen LogP contribution is -2.38. The highest BCUT2D eigenvalue weighted by Crippen LogP contribution is 2.52. The second kappa shape index (κ2) is 4.90. The molecule has 1 aromatic rings. The predicted molar refractivity (Wildman–Crippen MR) is 82.8 cm³/mol. The van der Waals surface area contributed by atoms with Gasteiger partial charge in [0.05, 0.1) is 5.75 Å². The molecule has 116 valence electrons. The van der Waals surface area contributed by atoms with Gasteiger partial charge in [-0.15, -0.1) is 5.10 Å². The third-order valence-corrected chi connectivity index (χ3v) is 5.37. The first kappa shape index (κ1) is 14.7. The van der Waals surface area contributed by atoms with Crippen LogP contribution < -0.4 is 5.73 Å². The van der Waals surface area contributed by atoms with Gasteiger partial charge in [0.2, 0.25) is 17.0 Å². The fourth-order valence-corrected chi connectivity index (χ4v) is 4.97. The lowest BCUT2D eigenvalue weighted by molar-refractivity contribution is -0.129. The van der Waals surface area contributed by atoms with Crippen molar-refractivity contribution in [2.75, 3.05) is 18.0 Å². The number of nitrogens with zero attached hydrogens (tertiary/aromatic N) is 3. The summed E-state index contributed by atoms with van der Waals surface area (Å²) in [7, 11) is 0. The van der Waals surface area contributed by atoms with Gasteiger partial charge < -0.3 is 10.6 Å². The van der Waals surface area contributed by atoms with Gasteiger partial charge in [-0.05, 0) is 30.1 Å². The second-order valence-electron chi connectivity index (χ2n) is 7.53. The zero-order chi connectivity index (χ0) is 15.3. The molecule has 2 bridgehead atoms. The van der Waals surface area contributed by atoms with Crippen molar-refractivity contribution in [1.29, 1.82) is 0 Å². The maximum absolute atomic E-state index is 12.5. The smallest absolute Gasteiger partial charge is 0.233 e. The summed E-state index contributed by atoms with van der Waals surface area (Å²) >= 11 is 1.34. The molecule has 0 aromatic carbocycles. The van der Waals surface area contributed by atoms with Crippen molar-refractivity contribution < 1.29 is 4.79 Å². The number of aromatic amines is 1. The third kappa shape index (κ3) is 3.02. The Balaban J connectivity index is 1.63. The van der Waals surface area contributed by atoms with E-state index in [1.54, 1.807) is 0 Å². The van der Waals surface area contributed by atoms with Gasteiger partial charge >= 0.3 is 0 Å². The fraction of sp³-hybridized carbons (Fsp3) is 0.786. The number of nitrogens with one attached hydrogen (secondary N) is 1. The number of hydrogen-bond acceptors (Lipinski definition) is 5. The minimum atomic E-state index is 0.190. The summed E-state index contributed by atoms with van der Waals surface area (Å²) in [5, 5.41) is 7.07. The summed E-state index contributed by atoms with van der Waals surface area (Å²) in [6.07, 6.45) is 3.44. The molecule has 0 radical (unpaired) electrons. The number of anilines is 1. The standard InChI is InChI=1S/C14H23N5OS/c1-13(2)4-9-5-14(3,7-13)8-19(9)10(20)6-21-12-16-11(15)17-18-12/h9H,4-8H2,1-3H3,(H3,15,16,17,18)/t9-,14-/m0/s1. The number of carbonyl (C=O) groups excluding carboxylic acids is 1. The van der Waals surface area contributed by atoms with Crippen molar-refractivity contribution in [1.82, 2.24) is 20.1 Å². The lowest BCUT2D eigenvalue weighted by Gasteiger charge is -2.39. The molecule has 1 saturated carbocycles. The van der Waals surface area contributed by atoms with E-state index in [-0.39, 0.29) is 17.3 Å². The van der Waals surface area contributed by atoms with Crippen LogP contribution in [-0.4, -0.2) is 44.3 Å². The number of H-pyrrole nitrogens is 1. The summed E-state index contributed by atoms with van der Waals surface area (Å²) in [6, 6.07) is 0.393. The Bertz CT molecular complexity index is 557. The van der Waals surface area contributed by atoms with Gasteiger partial charge in [0.1, 0.15) is 0 Å². The molecule has 21 heavy (non-hydrogen) atoms. The molecule has 1 saturated heterocycles. The van der Waals surface area contributed by atoms with Gasteiger partial charge in [0.25, 0.3) is 0 Å². The van der Waals surface area contributed by atoms with Crippen LogP contribution in [0.25, 0.3) is 0 Å². The van der Waals surface area contributed by atoms with E-state index < -0.39 is 0 Å². The number of nitrogen functional groups attached to an aromatic ring is 1. The summed E-state index contributed by atoms with van der Waals surface area (Å²) in [5.74, 6) is 0.857. The molecule has 2 atom stereocenters. The van der Waals surface area contributed by atoms with Gasteiger partial charge in [-0.25, -0.2) is 5.10 Å². The molecule has 0 spiro atoms. The number of hydrogen-bond donors (Lipinski definition) is 2. The van der Waals surface area contributed by atoms with E-state index in [0.29, 0.717) is 22.4 Å². The third-order valence-electron chi connectivity index (χ3n) is 4.54. The Labute approximate surface area is 129 Å². The number of carbonyl (C=O) groups is 1. The first-order valence-corrected chi connectivity index (χ1v) is 8.35. The van der Waals surface area contributed by atoms with Crippen molar-refractivity contribution >= 4 is 23.6 Å². The van der Waals surface area contributed by atoms with Gasteiger partial charge in [0.15, 0.2) is 0 Å². The van der Waals surface area contributed by atoms with Crippen molar-refractivity contribution in [3.8, 4) is 0 Å². The maximum Gasteiger partial charge on any atom is 0.233 e. The number of fused-ring (bicyclic) bond motifs is 2. The molecule has 6 nitrogen and oxygen atoms in total. The molecule has 2 fully saturated rings. The van der Waals surface area contributed by atoms with Crippen LogP contribution in [0.2, 0.25) is 0 Å². The van der Waals surface area contributed by atoms with Crippen LogP contribution >= 0.6 is 11.8 Å². The molecule has 0 unspecified atom stereocenters. The number of aromatic nitrogens is 3. The van der Waals surface area contributed by atoms with Gasteiger partial charge in [-0.1, -0.05) is 32.5 Å². The Morgan fingerprint density at radius 2 is 2.24 bits per heavy atom. The molecular formula is C14H23N5OS. The van der Waals surface area contributed by atoms with E-state index in [4.69, 9.17) is 5.73 Å². The maximum atomic E-state index is 12.5. The highest BCUT2D eigenvalue weighted by atomic mass is 32.2. The summed E-state index contributed by atoms with van der Waals surface area (Å²) in [5.41, 5.74) is 6.10. The zero-order valence-electron chi connectivity index (χ0n) is 12.8. The Kier molecular flexibility index (Phi) is 3.43. The van der Waals surface area contributed by atoms with Crippen molar-refractivity contribution in [3.05, 3.63) is 0 Å². The van der Waals surface area contributed by atoms with Crippen LogP contribution in [0.5, 0.6) is 0 Å². The molecule has 1 aromatic heterocycles. The molecular weight excluding hydrogens is 286 g/mol. The molecule has 3 N–H and O–H groups in total. The topological polar surface area (TPSA) is 87.9 Å². The quantitative estimate of drug-likeness (QED) is 0.833. The Morgan fingerprint density at radius 1 is 1.48 bits per heavy atom. The van der Waals surface area contributed by atoms with Crippen molar-refractivity contribution in [2.24, 2.45) is 10.8 Å². The fourth-order valence-electron chi connectivity index (χ4n) is 4.28. The normalized spacial score (nSPS) is 30.6. The summed E-state index contributed by atoms with van der Waals surface area (Å²) in [4.78, 5) is 18.6. The van der Waals surface area contributed by atoms with Gasteiger partial charge in [-0.3, -0.25) is 4.79 Å². The SMILES string of the molecule is CC1(C)C[C@H]2C[C@](C)(CN2C(=O)CSc2n[nH]c(N)n2)C1. The van der Waals surface area contributed by atoms with E-state index in [9.17, 15) is 4.79 Å². The highest BCUT2D eigenvalue weighted by molar-refractivity contribution is 7.99. The molecule has 1 aliphatic carbocycles. The molecule has 7 heteroatoms. The van der Waals surface area contributed by atoms with Crippen LogP contribution in [0.4, 0.5) is 5.95 Å². The van der Waals surface area contributed by atoms with Crippen molar-refractivity contribution in [3.63, 3.8) is 0 Å². The Hall–Kier alpha value is -1.24. The number of nitrogens with two attached hydrogens (primary N) is 1. The van der Waals surface area contributed by atoms with Gasteiger partial charge in [0, 0.05) is 12.6 Å². The van der Waals surface area contributed by atoms with E-state index in [1.165, 1.54) is 18.2 Å². The van der Waals surface area contributed by atoms with Gasteiger partial charge in [-0.2, -0.15) is 4.98 Å². The number of thioether (sulfide) groups is 1. The van der Waals surface area contributed by atoms with Crippen LogP contribution in [-0.2, 0) is 4.79 Å². The average Bonchev–Trinajstić information content (AvgIpc) is 2.86. The first-order chi connectivity index (χ1) is 9.76. The second-order valence-corrected chi connectivity index (χ2v) is 8.47. The van der Waals surface area contributed by atoms with E-state index in [1.807, 2.05) is 0 Å². The molecule has 3 rings (SSSR count). The van der Waals surface area contributed by atoms with Crippen molar-refractivity contribution in [2.45, 2.75) is 51.2 Å². The van der Waals surface area contributed by atoms with Crippen LogP contribution in [0, 0.1) is 10.8 Å². The summed E-state index contributed by atoms with van der Waals surface area (Å²) < 4.78 is 0. The van der Waals surface area contributed by atoms with Crippen LogP contribution in [0.15, 0.2) is 5.16 Å². The first-order valence-electron chi connectivity index (χ1n) is 7.37. The van der Waals surface area contributed by atoms with E-state index in [0.717, 1.165) is 19.4 Å². The molecule has 2 aliphatic rings. The number of rotatable bonds is 3. The summed E-state index contributed by atoms with van der Waals surface area (Å²) in [6.45, 7) is 7.83. The monoisotopic (exact) mass is 309 g/mol. The van der Waals surface area contributed by atoms with E-state index >= 15 is 0 Å². The average molecular weight is 309 g/mol. The van der Waals surface area contributed by atoms with E-state index in [2.05, 4.69) is 40.9 Å². The number of amides is 1. The minimum Gasteiger partial charge on any atom is -0.368 e. The largest absolute Gasteiger partial charge is 0.368 e. The zero-order valence-corrected chi connectivity index (χ0v) is 13.7. The number of likely N-dealkylation sites (tertiary alicyclic amines) is 1. The predicted octanol–water partition coefficient (Wildman–Crippen LogP) is 1.91. The molecule has 2 heterocycles. The van der Waals surface area contributed by atoms with Crippen LogP contribution in [0.3, 0.4) is 0 Å².